The van der Waals surface area contributed by atoms with Gasteiger partial charge in [0, 0.05) is 24.2 Å². The first-order valence-corrected chi connectivity index (χ1v) is 6.74. The number of aromatic nitrogens is 1. The van der Waals surface area contributed by atoms with Gasteiger partial charge in [-0.15, -0.1) is 0 Å². The van der Waals surface area contributed by atoms with E-state index in [2.05, 4.69) is 10.3 Å². The van der Waals surface area contributed by atoms with Gasteiger partial charge < -0.3 is 5.32 Å². The third kappa shape index (κ3) is 2.95. The van der Waals surface area contributed by atoms with Crippen molar-refractivity contribution in [2.75, 3.05) is 5.32 Å². The molecule has 1 N–H and O–H groups in total. The highest BCUT2D eigenvalue weighted by atomic mass is 35.5. The van der Waals surface area contributed by atoms with Crippen LogP contribution in [0.25, 0.3) is 0 Å². The van der Waals surface area contributed by atoms with E-state index in [4.69, 9.17) is 11.6 Å². The van der Waals surface area contributed by atoms with Crippen LogP contribution in [0.3, 0.4) is 0 Å². The Balaban J connectivity index is 1.74. The topological polar surface area (TPSA) is 68.1 Å². The largest absolute Gasteiger partial charge is 0.361 e. The van der Waals surface area contributed by atoms with Crippen molar-refractivity contribution in [2.45, 2.75) is 18.4 Å². The number of nitrogens with one attached hydrogen (secondary N) is 1. The normalized spacial score (nSPS) is 20.1. The fourth-order valence-electron chi connectivity index (χ4n) is 2.29. The Morgan fingerprint density at radius 2 is 2.10 bits per heavy atom. The minimum atomic E-state index is -0.517. The number of benzene rings is 1. The first-order chi connectivity index (χ1) is 10.0. The lowest BCUT2D eigenvalue weighted by atomic mass is 10.1. The summed E-state index contributed by atoms with van der Waals surface area (Å²) in [5, 5.41) is 14.3. The van der Waals surface area contributed by atoms with Crippen molar-refractivity contribution in [3.8, 4) is 0 Å². The molecule has 0 saturated heterocycles. The van der Waals surface area contributed by atoms with Crippen molar-refractivity contribution in [1.29, 1.82) is 0 Å². The predicted octanol–water partition coefficient (Wildman–Crippen LogP) is 3.75. The van der Waals surface area contributed by atoms with Crippen LogP contribution in [0.4, 0.5) is 15.9 Å². The molecule has 1 aliphatic carbocycles. The molecule has 0 spiro atoms. The second-order valence-corrected chi connectivity index (χ2v) is 5.36. The summed E-state index contributed by atoms with van der Waals surface area (Å²) < 4.78 is 12.9. The maximum absolute atomic E-state index is 12.9. The molecule has 1 fully saturated rings. The van der Waals surface area contributed by atoms with E-state index in [0.717, 1.165) is 12.0 Å². The van der Waals surface area contributed by atoms with Crippen molar-refractivity contribution in [1.82, 2.24) is 4.98 Å². The monoisotopic (exact) mass is 307 g/mol. The van der Waals surface area contributed by atoms with Gasteiger partial charge in [0.05, 0.1) is 9.95 Å². The molecule has 3 rings (SSSR count). The van der Waals surface area contributed by atoms with Crippen LogP contribution in [0.5, 0.6) is 0 Å². The van der Waals surface area contributed by atoms with E-state index in [0.29, 0.717) is 0 Å². The Labute approximate surface area is 124 Å². The van der Waals surface area contributed by atoms with Crippen LogP contribution in [0.15, 0.2) is 36.5 Å². The third-order valence-electron chi connectivity index (χ3n) is 3.44. The number of pyridine rings is 1. The minimum absolute atomic E-state index is 0.0582. The molecule has 21 heavy (non-hydrogen) atoms. The Kier molecular flexibility index (Phi) is 3.47. The van der Waals surface area contributed by atoms with Gasteiger partial charge in [-0.3, -0.25) is 10.1 Å². The lowest BCUT2D eigenvalue weighted by molar-refractivity contribution is -0.384. The van der Waals surface area contributed by atoms with Gasteiger partial charge in [-0.05, 0) is 24.1 Å². The zero-order chi connectivity index (χ0) is 15.0. The third-order valence-corrected chi connectivity index (χ3v) is 3.65. The van der Waals surface area contributed by atoms with Gasteiger partial charge >= 0.3 is 5.69 Å². The van der Waals surface area contributed by atoms with Crippen LogP contribution in [0.1, 0.15) is 17.9 Å². The molecule has 1 heterocycles. The molecule has 0 bridgehead atoms. The van der Waals surface area contributed by atoms with Crippen molar-refractivity contribution < 1.29 is 9.31 Å². The first-order valence-electron chi connectivity index (χ1n) is 6.36. The molecule has 108 valence electrons. The average Bonchev–Trinajstić information content (AvgIpc) is 3.20. The zero-order valence-electron chi connectivity index (χ0n) is 10.8. The molecule has 1 aromatic carbocycles. The molecular weight excluding hydrogens is 297 g/mol. The number of nitrogens with zero attached hydrogens (tertiary/aromatic N) is 2. The van der Waals surface area contributed by atoms with E-state index < -0.39 is 4.92 Å². The number of nitro groups is 1. The SMILES string of the molecule is O=[N+]([O-])c1cc(Cl)cnc1N[C@@H]1C[C@H]1c1ccc(F)cc1. The highest BCUT2D eigenvalue weighted by molar-refractivity contribution is 6.30. The lowest BCUT2D eigenvalue weighted by Gasteiger charge is -2.06. The molecule has 1 aromatic heterocycles. The quantitative estimate of drug-likeness (QED) is 0.690. The summed E-state index contributed by atoms with van der Waals surface area (Å²) >= 11 is 5.72. The molecule has 0 amide bonds. The van der Waals surface area contributed by atoms with E-state index >= 15 is 0 Å². The summed E-state index contributed by atoms with van der Waals surface area (Å²) in [5.74, 6) is 0.139. The van der Waals surface area contributed by atoms with E-state index in [9.17, 15) is 14.5 Å². The van der Waals surface area contributed by atoms with Gasteiger partial charge in [0.15, 0.2) is 0 Å². The number of halogens is 2. The summed E-state index contributed by atoms with van der Waals surface area (Å²) in [6.45, 7) is 0. The number of rotatable bonds is 4. The molecule has 1 aliphatic rings. The second kappa shape index (κ2) is 5.29. The van der Waals surface area contributed by atoms with Gasteiger partial charge in [-0.2, -0.15) is 0 Å². The Bertz CT molecular complexity index is 693. The second-order valence-electron chi connectivity index (χ2n) is 4.92. The standard InChI is InChI=1S/C14H11ClFN3O2/c15-9-5-13(19(20)21)14(17-7-9)18-12-6-11(12)8-1-3-10(16)4-2-8/h1-5,7,11-12H,6H2,(H,17,18)/t11-,12+/m0/s1. The maximum Gasteiger partial charge on any atom is 0.312 e. The Hall–Kier alpha value is -2.21. The van der Waals surface area contributed by atoms with E-state index in [1.807, 2.05) is 0 Å². The number of hydrogen-bond donors (Lipinski definition) is 1. The van der Waals surface area contributed by atoms with Crippen LogP contribution < -0.4 is 5.32 Å². The molecular formula is C14H11ClFN3O2. The molecule has 2 atom stereocenters. The van der Waals surface area contributed by atoms with Gasteiger partial charge in [0.2, 0.25) is 5.82 Å². The molecule has 2 aromatic rings. The first kappa shape index (κ1) is 13.8. The van der Waals surface area contributed by atoms with Crippen molar-refractivity contribution >= 4 is 23.1 Å². The fourth-order valence-corrected chi connectivity index (χ4v) is 2.44. The number of hydrogen-bond acceptors (Lipinski definition) is 4. The zero-order valence-corrected chi connectivity index (χ0v) is 11.5. The van der Waals surface area contributed by atoms with Gasteiger partial charge in [0.25, 0.3) is 0 Å². The highest BCUT2D eigenvalue weighted by Gasteiger charge is 2.39. The highest BCUT2D eigenvalue weighted by Crippen LogP contribution is 2.43. The molecule has 5 nitrogen and oxygen atoms in total. The Morgan fingerprint density at radius 1 is 1.38 bits per heavy atom. The summed E-state index contributed by atoms with van der Waals surface area (Å²) in [6, 6.07) is 7.60. The predicted molar refractivity (Wildman–Crippen MR) is 77.1 cm³/mol. The number of anilines is 1. The lowest BCUT2D eigenvalue weighted by Crippen LogP contribution is -2.08. The van der Waals surface area contributed by atoms with Crippen molar-refractivity contribution in [3.05, 3.63) is 63.0 Å². The van der Waals surface area contributed by atoms with Crippen LogP contribution in [0.2, 0.25) is 5.02 Å². The van der Waals surface area contributed by atoms with Gasteiger partial charge in [-0.25, -0.2) is 9.37 Å². The Morgan fingerprint density at radius 3 is 2.76 bits per heavy atom. The molecule has 1 saturated carbocycles. The molecule has 7 heteroatoms. The average molecular weight is 308 g/mol. The van der Waals surface area contributed by atoms with Gasteiger partial charge in [-0.1, -0.05) is 23.7 Å². The maximum atomic E-state index is 12.9. The molecule has 0 radical (unpaired) electrons. The van der Waals surface area contributed by atoms with E-state index in [1.165, 1.54) is 24.4 Å². The van der Waals surface area contributed by atoms with Crippen LogP contribution in [0, 0.1) is 15.9 Å². The smallest absolute Gasteiger partial charge is 0.312 e. The van der Waals surface area contributed by atoms with E-state index in [-0.39, 0.29) is 34.3 Å². The summed E-state index contributed by atoms with van der Waals surface area (Å²) in [4.78, 5) is 14.4. The fraction of sp³-hybridized carbons (Fsp3) is 0.214. The minimum Gasteiger partial charge on any atom is -0.361 e. The van der Waals surface area contributed by atoms with Crippen LogP contribution >= 0.6 is 11.6 Å². The van der Waals surface area contributed by atoms with Crippen molar-refractivity contribution in [3.63, 3.8) is 0 Å². The van der Waals surface area contributed by atoms with Gasteiger partial charge in [0.1, 0.15) is 5.82 Å². The van der Waals surface area contributed by atoms with Crippen molar-refractivity contribution in [2.24, 2.45) is 0 Å². The summed E-state index contributed by atoms with van der Waals surface area (Å²) in [6.07, 6.45) is 2.19. The van der Waals surface area contributed by atoms with E-state index in [1.54, 1.807) is 12.1 Å². The molecule has 0 aliphatic heterocycles. The van der Waals surface area contributed by atoms with Crippen LogP contribution in [-0.2, 0) is 0 Å². The molecule has 0 unspecified atom stereocenters. The summed E-state index contributed by atoms with van der Waals surface area (Å²) in [5.41, 5.74) is 0.859. The summed E-state index contributed by atoms with van der Waals surface area (Å²) in [7, 11) is 0. The van der Waals surface area contributed by atoms with Crippen LogP contribution in [-0.4, -0.2) is 15.9 Å².